The third kappa shape index (κ3) is 3.45. The fraction of sp³-hybridized carbons (Fsp3) is 0.933. The lowest BCUT2D eigenvalue weighted by Gasteiger charge is -2.70. The highest BCUT2D eigenvalue weighted by atomic mass is 16.3. The minimum Gasteiger partial charge on any atom is -0.393 e. The normalized spacial score (nSPS) is 51.8. The largest absolute Gasteiger partial charge is 0.393 e. The van der Waals surface area contributed by atoms with Crippen molar-refractivity contribution in [3.8, 4) is 0 Å². The van der Waals surface area contributed by atoms with Crippen molar-refractivity contribution in [3.63, 3.8) is 0 Å². The molecule has 3 nitrogen and oxygen atoms in total. The Balaban J connectivity index is 1.67. The van der Waals surface area contributed by atoms with Gasteiger partial charge in [0.1, 0.15) is 0 Å². The third-order valence-electron chi connectivity index (χ3n) is 12.5. The van der Waals surface area contributed by atoms with Crippen LogP contribution in [0.3, 0.4) is 0 Å². The van der Waals surface area contributed by atoms with Gasteiger partial charge in [-0.2, -0.15) is 0 Å². The predicted octanol–water partition coefficient (Wildman–Crippen LogP) is 6.50. The molecule has 4 fully saturated rings. The predicted molar refractivity (Wildman–Crippen MR) is 136 cm³/mol. The Hall–Kier alpha value is -0.380. The van der Waals surface area contributed by atoms with E-state index in [0.717, 1.165) is 57.8 Å². The first-order chi connectivity index (χ1) is 15.1. The molecule has 0 spiro atoms. The highest BCUT2D eigenvalue weighted by Gasteiger charge is 2.73. The molecule has 0 aromatic heterocycles. The fourth-order valence-corrected chi connectivity index (χ4v) is 10.3. The van der Waals surface area contributed by atoms with Gasteiger partial charge in [0.15, 0.2) is 0 Å². The van der Waals surface area contributed by atoms with Crippen LogP contribution in [0, 0.1) is 45.3 Å². The van der Waals surface area contributed by atoms with Crippen LogP contribution in [0.25, 0.3) is 0 Å². The summed E-state index contributed by atoms with van der Waals surface area (Å²) < 4.78 is 0. The monoisotopic (exact) mass is 460 g/mol. The number of fused-ring (bicyclic) bond motifs is 5. The van der Waals surface area contributed by atoms with Gasteiger partial charge in [-0.1, -0.05) is 53.2 Å². The van der Waals surface area contributed by atoms with Crippen molar-refractivity contribution in [2.75, 3.05) is 0 Å². The van der Waals surface area contributed by atoms with Gasteiger partial charge in [0, 0.05) is 5.92 Å². The summed E-state index contributed by atoms with van der Waals surface area (Å²) in [6, 6.07) is 0. The molecule has 4 saturated carbocycles. The van der Waals surface area contributed by atoms with E-state index in [1.165, 1.54) is 5.57 Å². The highest BCUT2D eigenvalue weighted by Crippen LogP contribution is 2.76. The maximum absolute atomic E-state index is 12.2. The van der Waals surface area contributed by atoms with Crippen molar-refractivity contribution in [1.82, 2.24) is 0 Å². The Morgan fingerprint density at radius 2 is 1.58 bits per heavy atom. The molecule has 190 valence electrons. The first-order valence-electron chi connectivity index (χ1n) is 13.9. The number of allylic oxidation sites excluding steroid dienone is 2. The first kappa shape index (κ1) is 25.7. The maximum atomic E-state index is 12.2. The summed E-state index contributed by atoms with van der Waals surface area (Å²) >= 11 is 0. The van der Waals surface area contributed by atoms with E-state index in [4.69, 9.17) is 0 Å². The van der Waals surface area contributed by atoms with Crippen molar-refractivity contribution >= 4 is 0 Å². The summed E-state index contributed by atoms with van der Waals surface area (Å²) in [7, 11) is 0. The molecule has 0 radical (unpaired) electrons. The molecule has 0 aromatic carbocycles. The Labute approximate surface area is 203 Å². The Morgan fingerprint density at radius 1 is 0.909 bits per heavy atom. The smallest absolute Gasteiger partial charge is 0.0731 e. The lowest BCUT2D eigenvalue weighted by Crippen LogP contribution is -2.67. The summed E-state index contributed by atoms with van der Waals surface area (Å²) in [6.07, 6.45) is 10.4. The lowest BCUT2D eigenvalue weighted by molar-refractivity contribution is -0.256. The van der Waals surface area contributed by atoms with Gasteiger partial charge >= 0.3 is 0 Å². The van der Waals surface area contributed by atoms with Crippen LogP contribution >= 0.6 is 0 Å². The van der Waals surface area contributed by atoms with E-state index in [2.05, 4.69) is 61.5 Å². The van der Waals surface area contributed by atoms with Gasteiger partial charge in [-0.3, -0.25) is 0 Å². The van der Waals surface area contributed by atoms with E-state index in [1.54, 1.807) is 0 Å². The van der Waals surface area contributed by atoms with Crippen molar-refractivity contribution < 1.29 is 15.3 Å². The molecule has 33 heavy (non-hydrogen) atoms. The zero-order valence-electron chi connectivity index (χ0n) is 22.7. The molecule has 4 rings (SSSR count). The quantitative estimate of drug-likeness (QED) is 0.420. The van der Waals surface area contributed by atoms with E-state index < -0.39 is 11.7 Å². The second-order valence-corrected chi connectivity index (χ2v) is 14.4. The van der Waals surface area contributed by atoms with Crippen LogP contribution in [0.15, 0.2) is 11.6 Å². The van der Waals surface area contributed by atoms with E-state index in [-0.39, 0.29) is 39.6 Å². The topological polar surface area (TPSA) is 60.7 Å². The molecule has 0 bridgehead atoms. The molecule has 0 heterocycles. The van der Waals surface area contributed by atoms with Crippen molar-refractivity contribution in [2.45, 2.75) is 131 Å². The summed E-state index contributed by atoms with van der Waals surface area (Å²) in [6.45, 7) is 18.4. The van der Waals surface area contributed by atoms with Crippen LogP contribution in [0.1, 0.15) is 113 Å². The number of hydrogen-bond acceptors (Lipinski definition) is 3. The molecule has 4 aliphatic rings. The summed E-state index contributed by atoms with van der Waals surface area (Å²) in [4.78, 5) is 0. The maximum Gasteiger partial charge on any atom is 0.0731 e. The van der Waals surface area contributed by atoms with Crippen molar-refractivity contribution in [2.24, 2.45) is 45.3 Å². The molecule has 0 aliphatic heterocycles. The minimum atomic E-state index is -0.780. The van der Waals surface area contributed by atoms with Gasteiger partial charge in [0.05, 0.1) is 17.8 Å². The molecule has 10 atom stereocenters. The van der Waals surface area contributed by atoms with Gasteiger partial charge in [-0.05, 0) is 111 Å². The molecular weight excluding hydrogens is 408 g/mol. The van der Waals surface area contributed by atoms with Crippen LogP contribution < -0.4 is 0 Å². The van der Waals surface area contributed by atoms with Gasteiger partial charge in [0.25, 0.3) is 0 Å². The van der Waals surface area contributed by atoms with Crippen LogP contribution in [0.2, 0.25) is 0 Å². The first-order valence-corrected chi connectivity index (χ1v) is 13.9. The van der Waals surface area contributed by atoms with E-state index in [9.17, 15) is 15.3 Å². The van der Waals surface area contributed by atoms with Gasteiger partial charge < -0.3 is 15.3 Å². The molecule has 3 N–H and O–H groups in total. The lowest BCUT2D eigenvalue weighted by atomic mass is 9.35. The molecule has 4 aliphatic carbocycles. The molecule has 0 aromatic rings. The number of hydrogen-bond donors (Lipinski definition) is 3. The van der Waals surface area contributed by atoms with Crippen LogP contribution in [0.5, 0.6) is 0 Å². The fourth-order valence-electron chi connectivity index (χ4n) is 10.3. The average molecular weight is 461 g/mol. The van der Waals surface area contributed by atoms with E-state index in [1.807, 2.05) is 0 Å². The van der Waals surface area contributed by atoms with Gasteiger partial charge in [0.2, 0.25) is 0 Å². The Morgan fingerprint density at radius 3 is 2.21 bits per heavy atom. The zero-order chi connectivity index (χ0) is 24.6. The molecule has 0 unspecified atom stereocenters. The van der Waals surface area contributed by atoms with Crippen LogP contribution in [0.4, 0.5) is 0 Å². The van der Waals surface area contributed by atoms with E-state index >= 15 is 0 Å². The van der Waals surface area contributed by atoms with Crippen LogP contribution in [-0.4, -0.2) is 33.1 Å². The third-order valence-corrected chi connectivity index (χ3v) is 12.5. The molecule has 0 amide bonds. The number of aliphatic hydroxyl groups is 3. The highest BCUT2D eigenvalue weighted by molar-refractivity contribution is 5.22. The summed E-state index contributed by atoms with van der Waals surface area (Å²) in [5, 5.41) is 34.8. The van der Waals surface area contributed by atoms with Crippen molar-refractivity contribution in [1.29, 1.82) is 0 Å². The standard InChI is InChI=1S/C30H52O3/c1-19(2)10-9-11-20(3)30(33)17-16-29(8)25(30)21(31)18-23-27(6)14-13-24(32)26(4,5)22(27)12-15-28(23,29)7/h10,20-25,31-33H,9,11-18H2,1-8H3/t20-,21+,22-,23+,24+,25-,27-,28+,29+,30-/m0/s1. The molecular formula is C30H52O3. The Bertz CT molecular complexity index is 783. The van der Waals surface area contributed by atoms with Crippen LogP contribution in [-0.2, 0) is 0 Å². The zero-order valence-corrected chi connectivity index (χ0v) is 22.7. The number of aliphatic hydroxyl groups excluding tert-OH is 2. The van der Waals surface area contributed by atoms with Gasteiger partial charge in [-0.25, -0.2) is 0 Å². The number of rotatable bonds is 4. The van der Waals surface area contributed by atoms with Crippen molar-refractivity contribution in [3.05, 3.63) is 11.6 Å². The summed E-state index contributed by atoms with van der Waals surface area (Å²) in [5.41, 5.74) is 0.683. The van der Waals surface area contributed by atoms with E-state index in [0.29, 0.717) is 11.8 Å². The SMILES string of the molecule is CC(C)=CCC[C@H](C)[C@@]1(O)CC[C@]2(C)[C@@H]1[C@H](O)C[C@@H]1[C@@]3(C)CC[C@@H](O)C(C)(C)[C@@H]3CC[C@]12C. The second-order valence-electron chi connectivity index (χ2n) is 14.4. The molecule has 3 heteroatoms. The second kappa shape index (κ2) is 8.07. The Kier molecular flexibility index (Phi) is 6.28. The molecule has 0 saturated heterocycles. The van der Waals surface area contributed by atoms with Gasteiger partial charge in [-0.15, -0.1) is 0 Å². The minimum absolute atomic E-state index is 0.0460. The summed E-state index contributed by atoms with van der Waals surface area (Å²) in [5.74, 6) is 1.07. The average Bonchev–Trinajstić information content (AvgIpc) is 3.01.